The summed E-state index contributed by atoms with van der Waals surface area (Å²) in [7, 11) is 0. The third kappa shape index (κ3) is 2.57. The van der Waals surface area contributed by atoms with Gasteiger partial charge >= 0.3 is 5.97 Å². The van der Waals surface area contributed by atoms with Crippen LogP contribution in [0.2, 0.25) is 0 Å². The van der Waals surface area contributed by atoms with E-state index >= 15 is 0 Å². The molecule has 6 heteroatoms. The lowest BCUT2D eigenvalue weighted by atomic mass is 9.99. The van der Waals surface area contributed by atoms with Crippen LogP contribution in [0.25, 0.3) is 0 Å². The molecule has 1 fully saturated rings. The van der Waals surface area contributed by atoms with Crippen molar-refractivity contribution in [2.24, 2.45) is 11.8 Å². The highest BCUT2D eigenvalue weighted by atomic mass is 32.1. The van der Waals surface area contributed by atoms with E-state index in [1.807, 2.05) is 11.8 Å². The van der Waals surface area contributed by atoms with E-state index in [1.165, 1.54) is 11.5 Å². The molecule has 1 aromatic rings. The van der Waals surface area contributed by atoms with Crippen LogP contribution in [0.3, 0.4) is 0 Å². The summed E-state index contributed by atoms with van der Waals surface area (Å²) in [6.45, 7) is 5.39. The second-order valence-corrected chi connectivity index (χ2v) is 5.30. The van der Waals surface area contributed by atoms with Crippen molar-refractivity contribution in [2.45, 2.75) is 26.7 Å². The summed E-state index contributed by atoms with van der Waals surface area (Å²) in [5.41, 5.74) is 0. The molecular weight excluding hydrogens is 238 g/mol. The summed E-state index contributed by atoms with van der Waals surface area (Å²) in [5, 5.41) is 9.94. The van der Waals surface area contributed by atoms with Crippen LogP contribution in [0.15, 0.2) is 0 Å². The molecule has 1 aliphatic rings. The summed E-state index contributed by atoms with van der Waals surface area (Å²) < 4.78 is 4.29. The van der Waals surface area contributed by atoms with Gasteiger partial charge in [-0.25, -0.2) is 4.98 Å². The van der Waals surface area contributed by atoms with Crippen LogP contribution < -0.4 is 4.90 Å². The van der Waals surface area contributed by atoms with Crippen molar-refractivity contribution in [1.29, 1.82) is 0 Å². The lowest BCUT2D eigenvalue weighted by molar-refractivity contribution is -0.142. The highest BCUT2D eigenvalue weighted by Crippen LogP contribution is 2.29. The van der Waals surface area contributed by atoms with Gasteiger partial charge in [0.25, 0.3) is 0 Å². The highest BCUT2D eigenvalue weighted by molar-refractivity contribution is 7.09. The van der Waals surface area contributed by atoms with Gasteiger partial charge in [0.05, 0.1) is 5.92 Å². The van der Waals surface area contributed by atoms with E-state index in [-0.39, 0.29) is 11.8 Å². The van der Waals surface area contributed by atoms with Gasteiger partial charge in [-0.3, -0.25) is 4.79 Å². The number of nitrogens with zero attached hydrogens (tertiary/aromatic N) is 3. The maximum atomic E-state index is 11.0. The lowest BCUT2D eigenvalue weighted by Crippen LogP contribution is -2.22. The molecule has 0 aliphatic carbocycles. The molecule has 2 rings (SSSR count). The maximum absolute atomic E-state index is 11.0. The molecule has 1 aromatic heterocycles. The number of aliphatic carboxylic acids is 1. The number of anilines is 1. The Morgan fingerprint density at radius 1 is 1.59 bits per heavy atom. The van der Waals surface area contributed by atoms with Crippen molar-refractivity contribution in [3.63, 3.8) is 0 Å². The SMILES string of the molecule is CCCc1nsc(N2C[C@@H](C)[C@H](C(=O)O)C2)n1. The fourth-order valence-corrected chi connectivity index (χ4v) is 2.87. The first kappa shape index (κ1) is 12.3. The van der Waals surface area contributed by atoms with E-state index in [9.17, 15) is 4.79 Å². The molecule has 0 bridgehead atoms. The lowest BCUT2D eigenvalue weighted by Gasteiger charge is -2.12. The predicted octanol–water partition coefficient (Wildman–Crippen LogP) is 1.65. The van der Waals surface area contributed by atoms with Gasteiger partial charge < -0.3 is 10.0 Å². The first-order valence-electron chi connectivity index (χ1n) is 5.92. The average molecular weight is 255 g/mol. The largest absolute Gasteiger partial charge is 0.481 e. The number of rotatable bonds is 4. The van der Waals surface area contributed by atoms with E-state index in [0.717, 1.165) is 30.3 Å². The maximum Gasteiger partial charge on any atom is 0.308 e. The Hall–Kier alpha value is -1.17. The molecule has 0 aromatic carbocycles. The van der Waals surface area contributed by atoms with Gasteiger partial charge in [0.15, 0.2) is 0 Å². The molecule has 0 spiro atoms. The zero-order valence-corrected chi connectivity index (χ0v) is 10.9. The monoisotopic (exact) mass is 255 g/mol. The van der Waals surface area contributed by atoms with Gasteiger partial charge in [0, 0.05) is 31.0 Å². The van der Waals surface area contributed by atoms with Crippen LogP contribution >= 0.6 is 11.5 Å². The molecule has 2 heterocycles. The minimum absolute atomic E-state index is 0.172. The number of hydrogen-bond donors (Lipinski definition) is 1. The zero-order valence-electron chi connectivity index (χ0n) is 10.1. The molecular formula is C11H17N3O2S. The molecule has 2 atom stereocenters. The van der Waals surface area contributed by atoms with Crippen molar-refractivity contribution >= 4 is 22.6 Å². The van der Waals surface area contributed by atoms with Crippen LogP contribution in [-0.2, 0) is 11.2 Å². The standard InChI is InChI=1S/C11H17N3O2S/c1-3-4-9-12-11(17-13-9)14-5-7(2)8(6-14)10(15)16/h7-8H,3-6H2,1-2H3,(H,15,16)/t7-,8-/m1/s1. The summed E-state index contributed by atoms with van der Waals surface area (Å²) in [6, 6.07) is 0. The molecule has 17 heavy (non-hydrogen) atoms. The average Bonchev–Trinajstić information content (AvgIpc) is 2.85. The number of carboxylic acid groups (broad SMARTS) is 1. The van der Waals surface area contributed by atoms with Crippen LogP contribution in [-0.4, -0.2) is 33.5 Å². The van der Waals surface area contributed by atoms with Crippen molar-refractivity contribution in [3.05, 3.63) is 5.82 Å². The molecule has 1 aliphatic heterocycles. The molecule has 94 valence electrons. The summed E-state index contributed by atoms with van der Waals surface area (Å²) in [6.07, 6.45) is 1.92. The molecule has 0 radical (unpaired) electrons. The minimum Gasteiger partial charge on any atom is -0.481 e. The van der Waals surface area contributed by atoms with Crippen LogP contribution in [0, 0.1) is 11.8 Å². The first-order chi connectivity index (χ1) is 8.11. The Morgan fingerprint density at radius 2 is 2.35 bits per heavy atom. The quantitative estimate of drug-likeness (QED) is 0.886. The Labute approximate surface area is 105 Å². The van der Waals surface area contributed by atoms with E-state index in [2.05, 4.69) is 16.3 Å². The van der Waals surface area contributed by atoms with Gasteiger partial charge in [0.2, 0.25) is 5.13 Å². The van der Waals surface area contributed by atoms with Crippen molar-refractivity contribution in [1.82, 2.24) is 9.36 Å². The number of aromatic nitrogens is 2. The third-order valence-electron chi connectivity index (χ3n) is 3.13. The molecule has 5 nitrogen and oxygen atoms in total. The summed E-state index contributed by atoms with van der Waals surface area (Å²) in [4.78, 5) is 17.5. The van der Waals surface area contributed by atoms with Gasteiger partial charge in [-0.15, -0.1) is 0 Å². The predicted molar refractivity (Wildman–Crippen MR) is 66.4 cm³/mol. The fraction of sp³-hybridized carbons (Fsp3) is 0.727. The normalized spacial score (nSPS) is 24.2. The number of carboxylic acids is 1. The first-order valence-corrected chi connectivity index (χ1v) is 6.69. The molecule has 0 saturated carbocycles. The Morgan fingerprint density at radius 3 is 2.94 bits per heavy atom. The minimum atomic E-state index is -0.710. The molecule has 1 saturated heterocycles. The highest BCUT2D eigenvalue weighted by Gasteiger charge is 2.35. The van der Waals surface area contributed by atoms with E-state index in [4.69, 9.17) is 5.11 Å². The zero-order chi connectivity index (χ0) is 12.4. The smallest absolute Gasteiger partial charge is 0.308 e. The van der Waals surface area contributed by atoms with E-state index in [0.29, 0.717) is 6.54 Å². The summed E-state index contributed by atoms with van der Waals surface area (Å²) >= 11 is 1.37. The van der Waals surface area contributed by atoms with Crippen LogP contribution in [0.4, 0.5) is 5.13 Å². The molecule has 0 amide bonds. The number of hydrogen-bond acceptors (Lipinski definition) is 5. The molecule has 1 N–H and O–H groups in total. The summed E-state index contributed by atoms with van der Waals surface area (Å²) in [5.74, 6) is 0.0526. The number of aryl methyl sites for hydroxylation is 1. The van der Waals surface area contributed by atoms with E-state index < -0.39 is 5.97 Å². The fourth-order valence-electron chi connectivity index (χ4n) is 2.14. The van der Waals surface area contributed by atoms with E-state index in [1.54, 1.807) is 0 Å². The van der Waals surface area contributed by atoms with Gasteiger partial charge in [-0.05, 0) is 12.3 Å². The second kappa shape index (κ2) is 5.00. The topological polar surface area (TPSA) is 66.3 Å². The third-order valence-corrected chi connectivity index (χ3v) is 3.95. The Balaban J connectivity index is 2.06. The van der Waals surface area contributed by atoms with Crippen LogP contribution in [0.1, 0.15) is 26.1 Å². The van der Waals surface area contributed by atoms with Gasteiger partial charge in [-0.1, -0.05) is 13.8 Å². The van der Waals surface area contributed by atoms with Crippen molar-refractivity contribution in [3.8, 4) is 0 Å². The van der Waals surface area contributed by atoms with Gasteiger partial charge in [0.1, 0.15) is 5.82 Å². The van der Waals surface area contributed by atoms with Gasteiger partial charge in [-0.2, -0.15) is 4.37 Å². The Bertz CT molecular complexity index is 407. The second-order valence-electron chi connectivity index (χ2n) is 4.57. The van der Waals surface area contributed by atoms with Crippen molar-refractivity contribution in [2.75, 3.05) is 18.0 Å². The molecule has 0 unspecified atom stereocenters. The van der Waals surface area contributed by atoms with Crippen molar-refractivity contribution < 1.29 is 9.90 Å². The Kier molecular flexibility index (Phi) is 3.61. The number of carbonyl (C=O) groups is 1. The van der Waals surface area contributed by atoms with Crippen LogP contribution in [0.5, 0.6) is 0 Å².